The first-order chi connectivity index (χ1) is 12.8. The topological polar surface area (TPSA) is 66.4 Å². The summed E-state index contributed by atoms with van der Waals surface area (Å²) >= 11 is 0. The van der Waals surface area contributed by atoms with Crippen LogP contribution in [0, 0.1) is 5.92 Å². The van der Waals surface area contributed by atoms with E-state index in [-0.39, 0.29) is 36.1 Å². The zero-order chi connectivity index (χ0) is 19.9. The number of likely N-dealkylation sites (tertiary alicyclic amines) is 1. The highest BCUT2D eigenvalue weighted by Gasteiger charge is 2.30. The first kappa shape index (κ1) is 25.3. The Balaban J connectivity index is 0.00000392. The number of halogens is 1. The number of guanidine groups is 1. The van der Waals surface area contributed by atoms with Crippen molar-refractivity contribution in [2.75, 3.05) is 46.4 Å². The molecule has 7 nitrogen and oxygen atoms in total. The van der Waals surface area contributed by atoms with Crippen LogP contribution in [-0.2, 0) is 9.47 Å². The standard InChI is InChI=1S/C20H38N4O3.HI/c1-6-21-18(23(5)14-16-10-12-26-15-16)22-13-17-9-7-8-11-24(17)19(25)27-20(2,3)4;/h16-17H,6-15H2,1-5H3,(H,21,22);1H. The lowest BCUT2D eigenvalue weighted by atomic mass is 10.0. The molecule has 1 amide bonds. The van der Waals surface area contributed by atoms with E-state index < -0.39 is 5.60 Å². The molecule has 2 aliphatic rings. The Morgan fingerprint density at radius 2 is 2.07 bits per heavy atom. The van der Waals surface area contributed by atoms with Gasteiger partial charge in [-0.25, -0.2) is 4.79 Å². The SMILES string of the molecule is CCNC(=NCC1CCCCN1C(=O)OC(C)(C)C)N(C)CC1CCOC1.I. The molecule has 2 unspecified atom stereocenters. The minimum atomic E-state index is -0.471. The third-order valence-corrected chi connectivity index (χ3v) is 4.96. The zero-order valence-electron chi connectivity index (χ0n) is 18.2. The van der Waals surface area contributed by atoms with Gasteiger partial charge in [-0.3, -0.25) is 4.99 Å². The quantitative estimate of drug-likeness (QED) is 0.349. The number of aliphatic imine (C=N–C) groups is 1. The second kappa shape index (κ2) is 12.0. The lowest BCUT2D eigenvalue weighted by Gasteiger charge is -2.36. The molecule has 0 spiro atoms. The van der Waals surface area contributed by atoms with E-state index in [2.05, 4.69) is 24.2 Å². The van der Waals surface area contributed by atoms with Gasteiger partial charge in [0.1, 0.15) is 5.60 Å². The summed E-state index contributed by atoms with van der Waals surface area (Å²) in [6.07, 6.45) is 4.02. The average molecular weight is 510 g/mol. The van der Waals surface area contributed by atoms with Gasteiger partial charge in [0.15, 0.2) is 5.96 Å². The smallest absolute Gasteiger partial charge is 0.410 e. The molecule has 0 aliphatic carbocycles. The molecule has 2 atom stereocenters. The summed E-state index contributed by atoms with van der Waals surface area (Å²) in [4.78, 5) is 21.5. The number of amides is 1. The van der Waals surface area contributed by atoms with Gasteiger partial charge in [-0.05, 0) is 53.4 Å². The molecule has 0 aromatic heterocycles. The normalized spacial score (nSPS) is 23.2. The van der Waals surface area contributed by atoms with Crippen LogP contribution in [0.2, 0.25) is 0 Å². The number of ether oxygens (including phenoxy) is 2. The molecule has 0 radical (unpaired) electrons. The van der Waals surface area contributed by atoms with Crippen LogP contribution in [0.3, 0.4) is 0 Å². The Hall–Kier alpha value is -0.770. The summed E-state index contributed by atoms with van der Waals surface area (Å²) in [5, 5.41) is 3.38. The highest BCUT2D eigenvalue weighted by Crippen LogP contribution is 2.21. The number of carbonyl (C=O) groups excluding carboxylic acids is 1. The number of nitrogens with zero attached hydrogens (tertiary/aromatic N) is 3. The summed E-state index contributed by atoms with van der Waals surface area (Å²) in [5.41, 5.74) is -0.471. The number of rotatable bonds is 5. The molecule has 28 heavy (non-hydrogen) atoms. The molecule has 2 saturated heterocycles. The van der Waals surface area contributed by atoms with E-state index in [0.717, 1.165) is 64.5 Å². The van der Waals surface area contributed by atoms with Crippen molar-refractivity contribution in [3.63, 3.8) is 0 Å². The van der Waals surface area contributed by atoms with Crippen LogP contribution in [0.15, 0.2) is 4.99 Å². The molecule has 2 heterocycles. The lowest BCUT2D eigenvalue weighted by Crippen LogP contribution is -2.48. The van der Waals surface area contributed by atoms with E-state index in [0.29, 0.717) is 12.5 Å². The van der Waals surface area contributed by atoms with E-state index in [1.54, 1.807) is 0 Å². The predicted molar refractivity (Wildman–Crippen MR) is 124 cm³/mol. The number of piperidine rings is 1. The predicted octanol–water partition coefficient (Wildman–Crippen LogP) is 3.33. The Bertz CT molecular complexity index is 504. The first-order valence-corrected chi connectivity index (χ1v) is 10.4. The summed E-state index contributed by atoms with van der Waals surface area (Å²) in [5.74, 6) is 1.46. The lowest BCUT2D eigenvalue weighted by molar-refractivity contribution is 0.0109. The van der Waals surface area contributed by atoms with Crippen molar-refractivity contribution >= 4 is 36.0 Å². The molecule has 2 rings (SSSR count). The Labute approximate surface area is 187 Å². The third kappa shape index (κ3) is 8.31. The van der Waals surface area contributed by atoms with Gasteiger partial charge >= 0.3 is 6.09 Å². The highest BCUT2D eigenvalue weighted by atomic mass is 127. The maximum atomic E-state index is 12.6. The van der Waals surface area contributed by atoms with Gasteiger partial charge in [-0.1, -0.05) is 0 Å². The van der Waals surface area contributed by atoms with Gasteiger partial charge in [-0.15, -0.1) is 24.0 Å². The molecule has 1 N–H and O–H groups in total. The van der Waals surface area contributed by atoms with Crippen molar-refractivity contribution in [2.45, 2.75) is 65.0 Å². The zero-order valence-corrected chi connectivity index (χ0v) is 20.5. The molecule has 0 saturated carbocycles. The van der Waals surface area contributed by atoms with Crippen molar-refractivity contribution in [2.24, 2.45) is 10.9 Å². The van der Waals surface area contributed by atoms with Crippen LogP contribution in [0.5, 0.6) is 0 Å². The van der Waals surface area contributed by atoms with Crippen LogP contribution in [0.25, 0.3) is 0 Å². The molecule has 2 aliphatic heterocycles. The van der Waals surface area contributed by atoms with Gasteiger partial charge in [-0.2, -0.15) is 0 Å². The van der Waals surface area contributed by atoms with Gasteiger partial charge in [0, 0.05) is 39.2 Å². The maximum Gasteiger partial charge on any atom is 0.410 e. The van der Waals surface area contributed by atoms with Gasteiger partial charge in [0.05, 0.1) is 19.2 Å². The summed E-state index contributed by atoms with van der Waals surface area (Å²) in [7, 11) is 2.08. The molecular formula is C20H39IN4O3. The van der Waals surface area contributed by atoms with Crippen molar-refractivity contribution < 1.29 is 14.3 Å². The monoisotopic (exact) mass is 510 g/mol. The van der Waals surface area contributed by atoms with Gasteiger partial charge in [0.2, 0.25) is 0 Å². The molecule has 164 valence electrons. The van der Waals surface area contributed by atoms with E-state index in [1.165, 1.54) is 0 Å². The Kier molecular flexibility index (Phi) is 10.9. The van der Waals surface area contributed by atoms with E-state index in [4.69, 9.17) is 14.5 Å². The van der Waals surface area contributed by atoms with Crippen LogP contribution in [0.4, 0.5) is 4.79 Å². The van der Waals surface area contributed by atoms with E-state index in [1.807, 2.05) is 25.7 Å². The Morgan fingerprint density at radius 3 is 2.68 bits per heavy atom. The van der Waals surface area contributed by atoms with Crippen LogP contribution in [-0.4, -0.2) is 79.9 Å². The molecule has 2 fully saturated rings. The fourth-order valence-corrected chi connectivity index (χ4v) is 3.61. The molecule has 8 heteroatoms. The third-order valence-electron chi connectivity index (χ3n) is 4.96. The number of hydrogen-bond acceptors (Lipinski definition) is 4. The number of hydrogen-bond donors (Lipinski definition) is 1. The molecular weight excluding hydrogens is 471 g/mol. The van der Waals surface area contributed by atoms with Crippen LogP contribution < -0.4 is 5.32 Å². The van der Waals surface area contributed by atoms with Crippen molar-refractivity contribution in [3.8, 4) is 0 Å². The van der Waals surface area contributed by atoms with Crippen LogP contribution in [0.1, 0.15) is 53.4 Å². The minimum absolute atomic E-state index is 0. The molecule has 0 aromatic rings. The second-order valence-corrected chi connectivity index (χ2v) is 8.63. The second-order valence-electron chi connectivity index (χ2n) is 8.63. The Morgan fingerprint density at radius 1 is 1.32 bits per heavy atom. The summed E-state index contributed by atoms with van der Waals surface area (Å²) in [6.45, 7) is 12.6. The average Bonchev–Trinajstić information content (AvgIpc) is 3.10. The first-order valence-electron chi connectivity index (χ1n) is 10.4. The van der Waals surface area contributed by atoms with E-state index in [9.17, 15) is 4.79 Å². The maximum absolute atomic E-state index is 12.6. The minimum Gasteiger partial charge on any atom is -0.444 e. The van der Waals surface area contributed by atoms with Crippen LogP contribution >= 0.6 is 24.0 Å². The van der Waals surface area contributed by atoms with Gasteiger partial charge < -0.3 is 24.6 Å². The van der Waals surface area contributed by atoms with Crippen molar-refractivity contribution in [3.05, 3.63) is 0 Å². The number of nitrogens with one attached hydrogen (secondary N) is 1. The summed E-state index contributed by atoms with van der Waals surface area (Å²) in [6, 6.07) is 0.102. The fraction of sp³-hybridized carbons (Fsp3) is 0.900. The largest absolute Gasteiger partial charge is 0.444 e. The molecule has 0 bridgehead atoms. The van der Waals surface area contributed by atoms with E-state index >= 15 is 0 Å². The fourth-order valence-electron chi connectivity index (χ4n) is 3.61. The molecule has 0 aromatic carbocycles. The van der Waals surface area contributed by atoms with Crippen molar-refractivity contribution in [1.29, 1.82) is 0 Å². The summed E-state index contributed by atoms with van der Waals surface area (Å²) < 4.78 is 11.1. The van der Waals surface area contributed by atoms with Crippen molar-refractivity contribution in [1.82, 2.24) is 15.1 Å². The number of carbonyl (C=O) groups is 1. The van der Waals surface area contributed by atoms with Gasteiger partial charge in [0.25, 0.3) is 0 Å². The highest BCUT2D eigenvalue weighted by molar-refractivity contribution is 14.0.